The molecule has 0 spiro atoms. The predicted molar refractivity (Wildman–Crippen MR) is 60.8 cm³/mol. The van der Waals surface area contributed by atoms with Crippen molar-refractivity contribution >= 4 is 6.16 Å². The van der Waals surface area contributed by atoms with Gasteiger partial charge in [-0.15, -0.1) is 0 Å². The first kappa shape index (κ1) is 14.0. The zero-order chi connectivity index (χ0) is 11.9. The van der Waals surface area contributed by atoms with Crippen LogP contribution in [0.25, 0.3) is 0 Å². The van der Waals surface area contributed by atoms with Crippen LogP contribution in [0.15, 0.2) is 12.7 Å². The standard InChI is InChI=1S/C12H22O3/c1-6-8-12(5,7-2)15-11(13)14-9-10(3)4/h7,10H,2,6,8-9H2,1,3-5H3. The summed E-state index contributed by atoms with van der Waals surface area (Å²) in [6.07, 6.45) is 2.72. The van der Waals surface area contributed by atoms with E-state index in [-0.39, 0.29) is 0 Å². The maximum Gasteiger partial charge on any atom is 0.509 e. The van der Waals surface area contributed by atoms with Gasteiger partial charge in [0, 0.05) is 0 Å². The van der Waals surface area contributed by atoms with Crippen LogP contribution in [-0.2, 0) is 9.47 Å². The third kappa shape index (κ3) is 6.15. The molecule has 0 saturated carbocycles. The van der Waals surface area contributed by atoms with E-state index in [9.17, 15) is 4.79 Å². The highest BCUT2D eigenvalue weighted by molar-refractivity contribution is 5.60. The fourth-order valence-corrected chi connectivity index (χ4v) is 1.15. The molecule has 0 aliphatic rings. The van der Waals surface area contributed by atoms with Crippen molar-refractivity contribution in [3.63, 3.8) is 0 Å². The molecule has 0 aromatic heterocycles. The lowest BCUT2D eigenvalue weighted by Crippen LogP contribution is -2.30. The summed E-state index contributed by atoms with van der Waals surface area (Å²) in [5.74, 6) is 0.318. The van der Waals surface area contributed by atoms with Crippen molar-refractivity contribution in [3.8, 4) is 0 Å². The number of rotatable bonds is 6. The normalized spacial score (nSPS) is 14.5. The number of carbonyl (C=O) groups is 1. The van der Waals surface area contributed by atoms with E-state index in [1.165, 1.54) is 0 Å². The first-order valence-electron chi connectivity index (χ1n) is 5.43. The van der Waals surface area contributed by atoms with Crippen LogP contribution in [0.1, 0.15) is 40.5 Å². The second-order valence-electron chi connectivity index (χ2n) is 4.32. The maximum atomic E-state index is 11.3. The van der Waals surface area contributed by atoms with Gasteiger partial charge >= 0.3 is 6.16 Å². The molecular weight excluding hydrogens is 192 g/mol. The molecule has 0 rings (SSSR count). The highest BCUT2D eigenvalue weighted by Crippen LogP contribution is 2.19. The Morgan fingerprint density at radius 3 is 2.53 bits per heavy atom. The second kappa shape index (κ2) is 6.49. The number of ether oxygens (including phenoxy) is 2. The Morgan fingerprint density at radius 2 is 2.13 bits per heavy atom. The number of hydrogen-bond donors (Lipinski definition) is 0. The van der Waals surface area contributed by atoms with Crippen molar-refractivity contribution in [1.29, 1.82) is 0 Å². The summed E-state index contributed by atoms with van der Waals surface area (Å²) in [5.41, 5.74) is -0.608. The molecule has 0 aliphatic heterocycles. The van der Waals surface area contributed by atoms with Crippen molar-refractivity contribution in [2.75, 3.05) is 6.61 Å². The molecule has 0 aromatic carbocycles. The van der Waals surface area contributed by atoms with Gasteiger partial charge in [-0.05, 0) is 25.3 Å². The van der Waals surface area contributed by atoms with Gasteiger partial charge in [0.2, 0.25) is 0 Å². The summed E-state index contributed by atoms with van der Waals surface area (Å²) in [4.78, 5) is 11.3. The molecule has 0 heterocycles. The van der Waals surface area contributed by atoms with E-state index in [0.29, 0.717) is 12.5 Å². The SMILES string of the molecule is C=CC(C)(CCC)OC(=O)OCC(C)C. The fraction of sp³-hybridized carbons (Fsp3) is 0.750. The summed E-state index contributed by atoms with van der Waals surface area (Å²) < 4.78 is 10.1. The maximum absolute atomic E-state index is 11.3. The third-order valence-corrected chi connectivity index (χ3v) is 2.03. The van der Waals surface area contributed by atoms with Crippen LogP contribution in [0.4, 0.5) is 4.79 Å². The summed E-state index contributed by atoms with van der Waals surface area (Å²) >= 11 is 0. The van der Waals surface area contributed by atoms with E-state index in [0.717, 1.165) is 12.8 Å². The average molecular weight is 214 g/mol. The molecule has 1 unspecified atom stereocenters. The van der Waals surface area contributed by atoms with E-state index < -0.39 is 11.8 Å². The molecule has 0 fully saturated rings. The molecule has 0 bridgehead atoms. The smallest absolute Gasteiger partial charge is 0.434 e. The van der Waals surface area contributed by atoms with E-state index in [4.69, 9.17) is 9.47 Å². The van der Waals surface area contributed by atoms with E-state index in [1.807, 2.05) is 27.7 Å². The Balaban J connectivity index is 4.06. The Bertz CT molecular complexity index is 211. The molecule has 0 N–H and O–H groups in total. The quantitative estimate of drug-likeness (QED) is 0.501. The minimum absolute atomic E-state index is 0.318. The predicted octanol–water partition coefficient (Wildman–Crippen LogP) is 3.54. The Hall–Kier alpha value is -0.990. The minimum Gasteiger partial charge on any atom is -0.434 e. The van der Waals surface area contributed by atoms with Gasteiger partial charge in [0.25, 0.3) is 0 Å². The van der Waals surface area contributed by atoms with Crippen LogP contribution in [-0.4, -0.2) is 18.4 Å². The van der Waals surface area contributed by atoms with E-state index in [1.54, 1.807) is 6.08 Å². The van der Waals surface area contributed by atoms with E-state index >= 15 is 0 Å². The molecule has 3 nitrogen and oxygen atoms in total. The first-order valence-corrected chi connectivity index (χ1v) is 5.43. The molecule has 0 aromatic rings. The molecule has 0 amide bonds. The van der Waals surface area contributed by atoms with Gasteiger partial charge in [-0.2, -0.15) is 0 Å². The highest BCUT2D eigenvalue weighted by atomic mass is 16.7. The van der Waals surface area contributed by atoms with Crippen molar-refractivity contribution in [2.24, 2.45) is 5.92 Å². The van der Waals surface area contributed by atoms with Gasteiger partial charge in [0.05, 0.1) is 6.61 Å². The topological polar surface area (TPSA) is 35.5 Å². The van der Waals surface area contributed by atoms with Crippen LogP contribution >= 0.6 is 0 Å². The molecule has 0 aliphatic carbocycles. The third-order valence-electron chi connectivity index (χ3n) is 2.03. The molecule has 1 atom stereocenters. The van der Waals surface area contributed by atoms with Gasteiger partial charge in [-0.3, -0.25) is 0 Å². The van der Waals surface area contributed by atoms with Crippen molar-refractivity contribution in [1.82, 2.24) is 0 Å². The van der Waals surface area contributed by atoms with E-state index in [2.05, 4.69) is 6.58 Å². The molecule has 15 heavy (non-hydrogen) atoms. The van der Waals surface area contributed by atoms with Gasteiger partial charge < -0.3 is 9.47 Å². The van der Waals surface area contributed by atoms with Gasteiger partial charge in [-0.1, -0.05) is 33.8 Å². The lowest BCUT2D eigenvalue weighted by Gasteiger charge is -2.25. The summed E-state index contributed by atoms with van der Waals surface area (Å²) in [6.45, 7) is 11.9. The lowest BCUT2D eigenvalue weighted by molar-refractivity contribution is -0.0102. The average Bonchev–Trinajstić information content (AvgIpc) is 2.15. The first-order chi connectivity index (χ1) is 6.93. The number of hydrogen-bond acceptors (Lipinski definition) is 3. The van der Waals surface area contributed by atoms with Crippen LogP contribution in [0, 0.1) is 5.92 Å². The zero-order valence-electron chi connectivity index (χ0n) is 10.2. The summed E-state index contributed by atoms with van der Waals surface area (Å²) in [7, 11) is 0. The lowest BCUT2D eigenvalue weighted by atomic mass is 10.0. The van der Waals surface area contributed by atoms with Gasteiger partial charge in [0.1, 0.15) is 5.60 Å². The Labute approximate surface area is 92.5 Å². The largest absolute Gasteiger partial charge is 0.509 e. The Kier molecular flexibility index (Phi) is 6.06. The minimum atomic E-state index is -0.612. The molecular formula is C12H22O3. The molecule has 88 valence electrons. The van der Waals surface area contributed by atoms with Crippen molar-refractivity contribution < 1.29 is 14.3 Å². The van der Waals surface area contributed by atoms with Crippen LogP contribution in [0.3, 0.4) is 0 Å². The number of carbonyl (C=O) groups excluding carboxylic acids is 1. The van der Waals surface area contributed by atoms with Gasteiger partial charge in [0.15, 0.2) is 0 Å². The monoisotopic (exact) mass is 214 g/mol. The zero-order valence-corrected chi connectivity index (χ0v) is 10.2. The molecule has 0 saturated heterocycles. The second-order valence-corrected chi connectivity index (χ2v) is 4.32. The molecule has 3 heteroatoms. The van der Waals surface area contributed by atoms with Gasteiger partial charge in [-0.25, -0.2) is 4.79 Å². The Morgan fingerprint density at radius 1 is 1.53 bits per heavy atom. The van der Waals surface area contributed by atoms with Crippen LogP contribution in [0.2, 0.25) is 0 Å². The summed E-state index contributed by atoms with van der Waals surface area (Å²) in [5, 5.41) is 0. The highest BCUT2D eigenvalue weighted by Gasteiger charge is 2.24. The fourth-order valence-electron chi connectivity index (χ4n) is 1.15. The van der Waals surface area contributed by atoms with Crippen molar-refractivity contribution in [3.05, 3.63) is 12.7 Å². The van der Waals surface area contributed by atoms with Crippen LogP contribution in [0.5, 0.6) is 0 Å². The van der Waals surface area contributed by atoms with Crippen molar-refractivity contribution in [2.45, 2.75) is 46.1 Å². The molecule has 0 radical (unpaired) electrons. The van der Waals surface area contributed by atoms with Crippen LogP contribution < -0.4 is 0 Å². The summed E-state index contributed by atoms with van der Waals surface area (Å²) in [6, 6.07) is 0.